The third-order valence-corrected chi connectivity index (χ3v) is 7.29. The summed E-state index contributed by atoms with van der Waals surface area (Å²) in [6, 6.07) is 10.7. The van der Waals surface area contributed by atoms with Crippen LogP contribution in [0.2, 0.25) is 10.0 Å². The summed E-state index contributed by atoms with van der Waals surface area (Å²) >= 11 is 12.1. The number of fused-ring (bicyclic) bond motifs is 1. The molecule has 0 radical (unpaired) electrons. The average molecular weight is 455 g/mol. The molecule has 0 saturated heterocycles. The van der Waals surface area contributed by atoms with Gasteiger partial charge < -0.3 is 4.57 Å². The fourth-order valence-corrected chi connectivity index (χ4v) is 4.49. The number of sulfonamides is 1. The van der Waals surface area contributed by atoms with Crippen LogP contribution in [0.5, 0.6) is 0 Å². The van der Waals surface area contributed by atoms with Gasteiger partial charge in [0.15, 0.2) is 0 Å². The van der Waals surface area contributed by atoms with Crippen molar-refractivity contribution in [2.75, 3.05) is 21.1 Å². The number of hydrogen-bond donors (Lipinski definition) is 0. The highest BCUT2D eigenvalue weighted by molar-refractivity contribution is 7.89. The van der Waals surface area contributed by atoms with Crippen LogP contribution in [0.3, 0.4) is 0 Å². The van der Waals surface area contributed by atoms with Gasteiger partial charge in [-0.1, -0.05) is 29.3 Å². The normalized spacial score (nSPS) is 12.4. The van der Waals surface area contributed by atoms with Crippen molar-refractivity contribution < 1.29 is 8.42 Å². The first kappa shape index (κ1) is 22.1. The molecule has 0 aliphatic rings. The third-order valence-electron chi connectivity index (χ3n) is 4.74. The summed E-state index contributed by atoms with van der Waals surface area (Å²) in [6.45, 7) is 4.09. The van der Waals surface area contributed by atoms with E-state index in [4.69, 9.17) is 28.2 Å². The van der Waals surface area contributed by atoms with E-state index in [9.17, 15) is 8.42 Å². The van der Waals surface area contributed by atoms with Gasteiger partial charge in [-0.05, 0) is 49.9 Å². The van der Waals surface area contributed by atoms with Crippen LogP contribution in [-0.4, -0.2) is 48.3 Å². The van der Waals surface area contributed by atoms with Gasteiger partial charge in [0.1, 0.15) is 5.82 Å². The van der Waals surface area contributed by atoms with Crippen LogP contribution in [0.4, 0.5) is 0 Å². The van der Waals surface area contributed by atoms with Crippen LogP contribution in [0.25, 0.3) is 11.0 Å². The second-order valence-electron chi connectivity index (χ2n) is 7.13. The molecule has 0 amide bonds. The Morgan fingerprint density at radius 1 is 1.00 bits per heavy atom. The zero-order chi connectivity index (χ0) is 21.3. The second-order valence-corrected chi connectivity index (χ2v) is 10.1. The molecule has 1 aromatic heterocycles. The smallest absolute Gasteiger partial charge is 0.242 e. The average Bonchev–Trinajstić information content (AvgIpc) is 3.00. The number of imidazole rings is 1. The Morgan fingerprint density at radius 3 is 2.34 bits per heavy atom. The van der Waals surface area contributed by atoms with E-state index in [1.54, 1.807) is 18.2 Å². The number of hydrogen-bond acceptors (Lipinski definition) is 4. The van der Waals surface area contributed by atoms with Gasteiger partial charge in [0, 0.05) is 27.2 Å². The molecular formula is C20H24Cl2N4O2S. The van der Waals surface area contributed by atoms with Crippen LogP contribution >= 0.6 is 23.2 Å². The van der Waals surface area contributed by atoms with E-state index in [0.29, 0.717) is 28.7 Å². The van der Waals surface area contributed by atoms with Crippen molar-refractivity contribution >= 4 is 44.3 Å². The second kappa shape index (κ2) is 8.62. The highest BCUT2D eigenvalue weighted by Gasteiger charge is 2.20. The maximum absolute atomic E-state index is 12.4. The molecule has 29 heavy (non-hydrogen) atoms. The van der Waals surface area contributed by atoms with Gasteiger partial charge in [0.2, 0.25) is 10.0 Å². The molecule has 2 aromatic carbocycles. The van der Waals surface area contributed by atoms with Gasteiger partial charge in [0.25, 0.3) is 0 Å². The summed E-state index contributed by atoms with van der Waals surface area (Å²) in [6.07, 6.45) is 0. The molecule has 3 aromatic rings. The Balaban J connectivity index is 1.89. The molecule has 1 heterocycles. The molecule has 0 atom stereocenters. The first-order chi connectivity index (χ1) is 13.6. The summed E-state index contributed by atoms with van der Waals surface area (Å²) in [4.78, 5) is 7.09. The molecule has 9 heteroatoms. The van der Waals surface area contributed by atoms with Gasteiger partial charge in [-0.3, -0.25) is 4.90 Å². The van der Waals surface area contributed by atoms with Crippen molar-refractivity contribution in [1.82, 2.24) is 18.8 Å². The highest BCUT2D eigenvalue weighted by Crippen LogP contribution is 2.25. The first-order valence-electron chi connectivity index (χ1n) is 9.17. The van der Waals surface area contributed by atoms with Crippen LogP contribution in [-0.2, 0) is 29.7 Å². The Morgan fingerprint density at radius 2 is 1.72 bits per heavy atom. The number of benzene rings is 2. The number of halogens is 2. The molecule has 0 aliphatic heterocycles. The number of rotatable bonds is 7. The summed E-state index contributed by atoms with van der Waals surface area (Å²) in [7, 11) is 1.55. The molecule has 3 rings (SSSR count). The Kier molecular flexibility index (Phi) is 6.55. The molecule has 0 N–H and O–H groups in total. The van der Waals surface area contributed by atoms with Crippen molar-refractivity contribution in [3.8, 4) is 0 Å². The zero-order valence-corrected chi connectivity index (χ0v) is 19.2. The number of aryl methyl sites for hydroxylation is 1. The van der Waals surface area contributed by atoms with Crippen molar-refractivity contribution in [3.05, 3.63) is 57.8 Å². The molecular weight excluding hydrogens is 431 g/mol. The van der Waals surface area contributed by atoms with E-state index in [1.165, 1.54) is 18.4 Å². The molecule has 156 valence electrons. The Bertz CT molecular complexity index is 1140. The molecule has 0 aliphatic carbocycles. The van der Waals surface area contributed by atoms with Crippen LogP contribution < -0.4 is 0 Å². The molecule has 0 saturated carbocycles. The number of nitrogens with zero attached hydrogens (tertiary/aromatic N) is 4. The van der Waals surface area contributed by atoms with Gasteiger partial charge in [-0.25, -0.2) is 17.7 Å². The largest absolute Gasteiger partial charge is 0.327 e. The van der Waals surface area contributed by atoms with E-state index in [0.717, 1.165) is 23.4 Å². The van der Waals surface area contributed by atoms with E-state index in [2.05, 4.69) is 9.47 Å². The fourth-order valence-electron chi connectivity index (χ4n) is 3.25. The topological polar surface area (TPSA) is 58.4 Å². The van der Waals surface area contributed by atoms with Crippen LogP contribution in [0.1, 0.15) is 18.3 Å². The Hall–Kier alpha value is -1.64. The predicted molar refractivity (Wildman–Crippen MR) is 118 cm³/mol. The van der Waals surface area contributed by atoms with Crippen molar-refractivity contribution in [2.24, 2.45) is 0 Å². The molecule has 0 bridgehead atoms. The van der Waals surface area contributed by atoms with Crippen LogP contribution in [0.15, 0.2) is 41.3 Å². The lowest BCUT2D eigenvalue weighted by atomic mass is 10.2. The maximum Gasteiger partial charge on any atom is 0.242 e. The van der Waals surface area contributed by atoms with Gasteiger partial charge in [0.05, 0.1) is 32.5 Å². The van der Waals surface area contributed by atoms with Crippen molar-refractivity contribution in [2.45, 2.75) is 31.5 Å². The van der Waals surface area contributed by atoms with E-state index in [-0.39, 0.29) is 4.90 Å². The molecule has 0 spiro atoms. The molecule has 0 unspecified atom stereocenters. The van der Waals surface area contributed by atoms with Gasteiger partial charge >= 0.3 is 0 Å². The highest BCUT2D eigenvalue weighted by atomic mass is 35.5. The number of aromatic nitrogens is 2. The Labute approximate surface area is 181 Å². The first-order valence-corrected chi connectivity index (χ1v) is 11.4. The third kappa shape index (κ3) is 4.59. The summed E-state index contributed by atoms with van der Waals surface area (Å²) in [5, 5.41) is 1.07. The molecule has 0 fully saturated rings. The SMILES string of the molecule is CCn1c(CN(C)Cc2ccc(Cl)c(Cl)c2)nc2cc(S(=O)(=O)N(C)C)ccc21. The predicted octanol–water partition coefficient (Wildman–Crippen LogP) is 4.25. The van der Waals surface area contributed by atoms with Crippen molar-refractivity contribution in [1.29, 1.82) is 0 Å². The molecule has 6 nitrogen and oxygen atoms in total. The zero-order valence-electron chi connectivity index (χ0n) is 16.9. The van der Waals surface area contributed by atoms with Gasteiger partial charge in [-0.15, -0.1) is 0 Å². The standard InChI is InChI=1S/C20H24Cl2N4O2S/c1-5-26-19-9-7-15(29(27,28)24(2)3)11-18(19)23-20(26)13-25(4)12-14-6-8-16(21)17(22)10-14/h6-11H,5,12-13H2,1-4H3. The lowest BCUT2D eigenvalue weighted by molar-refractivity contribution is 0.306. The summed E-state index contributed by atoms with van der Waals surface area (Å²) < 4.78 is 28.2. The maximum atomic E-state index is 12.4. The lowest BCUT2D eigenvalue weighted by Gasteiger charge is -2.17. The quantitative estimate of drug-likeness (QED) is 0.535. The minimum Gasteiger partial charge on any atom is -0.327 e. The summed E-state index contributed by atoms with van der Waals surface area (Å²) in [5.41, 5.74) is 2.65. The van der Waals surface area contributed by atoms with Crippen molar-refractivity contribution in [3.63, 3.8) is 0 Å². The van der Waals surface area contributed by atoms with Crippen LogP contribution in [0, 0.1) is 0 Å². The van der Waals surface area contributed by atoms with E-state index >= 15 is 0 Å². The minimum absolute atomic E-state index is 0.242. The van der Waals surface area contributed by atoms with Gasteiger partial charge in [-0.2, -0.15) is 0 Å². The summed E-state index contributed by atoms with van der Waals surface area (Å²) in [5.74, 6) is 0.879. The fraction of sp³-hybridized carbons (Fsp3) is 0.350. The van der Waals surface area contributed by atoms with E-state index < -0.39 is 10.0 Å². The monoisotopic (exact) mass is 454 g/mol. The minimum atomic E-state index is -3.50. The lowest BCUT2D eigenvalue weighted by Crippen LogP contribution is -2.22. The van der Waals surface area contributed by atoms with E-state index in [1.807, 2.05) is 32.2 Å².